The van der Waals surface area contributed by atoms with Gasteiger partial charge in [0.05, 0.1) is 0 Å². The van der Waals surface area contributed by atoms with E-state index in [1.54, 1.807) is 0 Å². The number of aryl methyl sites for hydroxylation is 1. The molecule has 0 spiro atoms. The monoisotopic (exact) mass is 176 g/mol. The van der Waals surface area contributed by atoms with Gasteiger partial charge in [0.25, 0.3) is 0 Å². The second-order valence-electron chi connectivity index (χ2n) is 3.30. The summed E-state index contributed by atoms with van der Waals surface area (Å²) < 4.78 is 0. The molecule has 0 N–H and O–H groups in total. The largest absolute Gasteiger partial charge is 0.211 e. The van der Waals surface area contributed by atoms with Gasteiger partial charge in [-0.05, 0) is 18.4 Å². The van der Waals surface area contributed by atoms with E-state index in [1.807, 2.05) is 0 Å². The predicted molar refractivity (Wildman–Crippen MR) is 57.3 cm³/mol. The molecule has 1 aromatic rings. The summed E-state index contributed by atoms with van der Waals surface area (Å²) in [5.41, 5.74) is 1.49. The third-order valence-corrected chi connectivity index (χ3v) is 2.87. The topological polar surface area (TPSA) is 0 Å². The third kappa shape index (κ3) is 3.95. The summed E-state index contributed by atoms with van der Waals surface area (Å²) in [5.74, 6) is 0. The maximum atomic E-state index is 2.22. The fourth-order valence-electron chi connectivity index (χ4n) is 1.40. The number of hydrogen-bond donors (Lipinski definition) is 0. The molecule has 1 rings (SSSR count). The molecule has 0 aliphatic rings. The standard InChI is InChI=1S/C11H15.Al.2H/c1-2-3-5-8-11-9-6-4-7-10-11;;;/h4,6-7,9-10H,1-3,5,8H2;;;. The maximum absolute atomic E-state index is 2.22. The number of benzene rings is 1. The fourth-order valence-corrected chi connectivity index (χ4v) is 1.90. The van der Waals surface area contributed by atoms with E-state index in [2.05, 4.69) is 30.3 Å². The Hall–Kier alpha value is -0.248. The van der Waals surface area contributed by atoms with Crippen LogP contribution in [0, 0.1) is 0 Å². The molecule has 0 amide bonds. The van der Waals surface area contributed by atoms with Gasteiger partial charge in [-0.3, -0.25) is 0 Å². The molecule has 0 heterocycles. The molecular formula is C11H17Al. The Balaban J connectivity index is 2.16. The predicted octanol–water partition coefficient (Wildman–Crippen LogP) is 2.45. The second-order valence-corrected chi connectivity index (χ2v) is 4.30. The zero-order valence-corrected chi connectivity index (χ0v) is 9.92. The highest BCUT2D eigenvalue weighted by Crippen LogP contribution is 2.06. The first-order valence-electron chi connectivity index (χ1n) is 4.97. The van der Waals surface area contributed by atoms with Crippen LogP contribution in [0.3, 0.4) is 0 Å². The van der Waals surface area contributed by atoms with Crippen LogP contribution in [0.4, 0.5) is 0 Å². The highest BCUT2D eigenvalue weighted by atomic mass is 27.0. The average molecular weight is 176 g/mol. The molecule has 0 nitrogen and oxygen atoms in total. The molecule has 1 aromatic carbocycles. The van der Waals surface area contributed by atoms with Gasteiger partial charge in [0, 0.05) is 0 Å². The molecule has 0 aromatic heterocycles. The minimum Gasteiger partial charge on any atom is -0.101 e. The van der Waals surface area contributed by atoms with Crippen molar-refractivity contribution in [2.45, 2.75) is 31.0 Å². The van der Waals surface area contributed by atoms with Crippen LogP contribution in [0.15, 0.2) is 30.3 Å². The Morgan fingerprint density at radius 2 is 1.67 bits per heavy atom. The van der Waals surface area contributed by atoms with E-state index in [0.29, 0.717) is 0 Å². The molecule has 0 fully saturated rings. The lowest BCUT2D eigenvalue weighted by molar-refractivity contribution is 0.717. The highest BCUT2D eigenvalue weighted by molar-refractivity contribution is 6.08. The molecule has 1 heteroatoms. The Morgan fingerprint density at radius 3 is 2.33 bits per heavy atom. The van der Waals surface area contributed by atoms with Crippen LogP contribution in [-0.4, -0.2) is 16.3 Å². The summed E-state index contributed by atoms with van der Waals surface area (Å²) in [6, 6.07) is 10.8. The Morgan fingerprint density at radius 1 is 0.917 bits per heavy atom. The molecule has 0 saturated heterocycles. The average Bonchev–Trinajstić information content (AvgIpc) is 2.14. The highest BCUT2D eigenvalue weighted by Gasteiger charge is 1.90. The first-order valence-corrected chi connectivity index (χ1v) is 6.39. The van der Waals surface area contributed by atoms with Gasteiger partial charge in [0.1, 0.15) is 0 Å². The number of unbranched alkanes of at least 4 members (excludes halogenated alkanes) is 2. The van der Waals surface area contributed by atoms with E-state index < -0.39 is 0 Å². The van der Waals surface area contributed by atoms with Crippen molar-refractivity contribution in [3.63, 3.8) is 0 Å². The fraction of sp³-hybridized carbons (Fsp3) is 0.455. The molecule has 0 bridgehead atoms. The minimum absolute atomic E-state index is 1.27. The van der Waals surface area contributed by atoms with Gasteiger partial charge in [-0.1, -0.05) is 43.2 Å². The molecule has 0 unspecified atom stereocenters. The lowest BCUT2D eigenvalue weighted by Crippen LogP contribution is -1.84. The van der Waals surface area contributed by atoms with Crippen molar-refractivity contribution < 1.29 is 0 Å². The molecule has 0 radical (unpaired) electrons. The molecule has 0 atom stereocenters. The van der Waals surface area contributed by atoms with Crippen LogP contribution < -0.4 is 0 Å². The molecule has 0 saturated carbocycles. The van der Waals surface area contributed by atoms with Gasteiger partial charge in [-0.25, -0.2) is 0 Å². The van der Waals surface area contributed by atoms with Crippen molar-refractivity contribution in [3.05, 3.63) is 35.9 Å². The van der Waals surface area contributed by atoms with Gasteiger partial charge < -0.3 is 0 Å². The summed E-state index contributed by atoms with van der Waals surface area (Å²) in [6.45, 7) is 0. The first-order chi connectivity index (χ1) is 5.93. The summed E-state index contributed by atoms with van der Waals surface area (Å²) in [5, 5.41) is 1.47. The van der Waals surface area contributed by atoms with Gasteiger partial charge in [-0.15, -0.1) is 5.28 Å². The van der Waals surface area contributed by atoms with E-state index in [9.17, 15) is 0 Å². The van der Waals surface area contributed by atoms with Gasteiger partial charge in [-0.2, -0.15) is 0 Å². The van der Waals surface area contributed by atoms with E-state index in [0.717, 1.165) is 0 Å². The normalized spacial score (nSPS) is 10.0. The zero-order chi connectivity index (χ0) is 8.65. The zero-order valence-electron chi connectivity index (χ0n) is 7.92. The minimum atomic E-state index is 1.27. The second kappa shape index (κ2) is 6.29. The van der Waals surface area contributed by atoms with Crippen LogP contribution >= 0.6 is 0 Å². The van der Waals surface area contributed by atoms with Gasteiger partial charge >= 0.3 is 0 Å². The van der Waals surface area contributed by atoms with Crippen molar-refractivity contribution in [1.82, 2.24) is 0 Å². The van der Waals surface area contributed by atoms with Crippen molar-refractivity contribution in [2.24, 2.45) is 0 Å². The van der Waals surface area contributed by atoms with Crippen LogP contribution in [0.2, 0.25) is 5.28 Å². The molecule has 64 valence electrons. The summed E-state index contributed by atoms with van der Waals surface area (Å²) >= 11 is 1.38. The molecule has 12 heavy (non-hydrogen) atoms. The maximum Gasteiger partial charge on any atom is 0.211 e. The SMILES string of the molecule is [AlH2][CH2]CCCCc1ccccc1. The van der Waals surface area contributed by atoms with Crippen molar-refractivity contribution in [1.29, 1.82) is 0 Å². The molecule has 0 aliphatic heterocycles. The molecule has 0 aliphatic carbocycles. The van der Waals surface area contributed by atoms with E-state index in [4.69, 9.17) is 0 Å². The molecular weight excluding hydrogens is 159 g/mol. The van der Waals surface area contributed by atoms with E-state index >= 15 is 0 Å². The summed E-state index contributed by atoms with van der Waals surface area (Å²) in [6.07, 6.45) is 5.49. The first kappa shape index (κ1) is 9.84. The Labute approximate surface area is 83.4 Å². The lowest BCUT2D eigenvalue weighted by Gasteiger charge is -1.99. The van der Waals surface area contributed by atoms with Crippen molar-refractivity contribution in [3.8, 4) is 0 Å². The van der Waals surface area contributed by atoms with Crippen LogP contribution in [-0.2, 0) is 6.42 Å². The van der Waals surface area contributed by atoms with Crippen molar-refractivity contribution in [2.75, 3.05) is 0 Å². The van der Waals surface area contributed by atoms with Crippen LogP contribution in [0.1, 0.15) is 24.8 Å². The summed E-state index contributed by atoms with van der Waals surface area (Å²) in [7, 11) is 0. The number of hydrogen-bond acceptors (Lipinski definition) is 0. The van der Waals surface area contributed by atoms with E-state index in [-0.39, 0.29) is 0 Å². The third-order valence-electron chi connectivity index (χ3n) is 2.16. The van der Waals surface area contributed by atoms with Crippen LogP contribution in [0.25, 0.3) is 0 Å². The quantitative estimate of drug-likeness (QED) is 0.477. The lowest BCUT2D eigenvalue weighted by atomic mass is 10.1. The van der Waals surface area contributed by atoms with Crippen LogP contribution in [0.5, 0.6) is 0 Å². The summed E-state index contributed by atoms with van der Waals surface area (Å²) in [4.78, 5) is 0. The van der Waals surface area contributed by atoms with Crippen molar-refractivity contribution >= 4 is 16.3 Å². The van der Waals surface area contributed by atoms with Gasteiger partial charge in [0.2, 0.25) is 16.3 Å². The smallest absolute Gasteiger partial charge is 0.101 e. The van der Waals surface area contributed by atoms with Gasteiger partial charge in [0.15, 0.2) is 0 Å². The number of rotatable bonds is 5. The Kier molecular flexibility index (Phi) is 5.16. The van der Waals surface area contributed by atoms with E-state index in [1.165, 1.54) is 52.8 Å². The Bertz CT molecular complexity index is 193.